The molecule has 160 valence electrons. The van der Waals surface area contributed by atoms with Crippen molar-refractivity contribution >= 4 is 33.6 Å². The maximum atomic E-state index is 12.6. The summed E-state index contributed by atoms with van der Waals surface area (Å²) in [5.74, 6) is 1.07. The number of anilines is 1. The van der Waals surface area contributed by atoms with E-state index >= 15 is 0 Å². The smallest absolute Gasteiger partial charge is 0.251 e. The number of amides is 2. The number of furan rings is 1. The highest BCUT2D eigenvalue weighted by Crippen LogP contribution is 2.19. The van der Waals surface area contributed by atoms with Gasteiger partial charge in [0.05, 0.1) is 19.4 Å². The first-order chi connectivity index (χ1) is 15.0. The zero-order chi connectivity index (χ0) is 21.6. The highest BCUT2D eigenvalue weighted by Gasteiger charge is 2.23. The number of carbonyl (C=O) groups excluding carboxylic acids is 2. The van der Waals surface area contributed by atoms with Crippen molar-refractivity contribution in [3.63, 3.8) is 0 Å². The number of nitrogens with one attached hydrogen (secondary N) is 2. The van der Waals surface area contributed by atoms with E-state index in [0.29, 0.717) is 30.5 Å². The Balaban J connectivity index is 1.39. The maximum absolute atomic E-state index is 12.6. The van der Waals surface area contributed by atoms with Crippen molar-refractivity contribution in [2.45, 2.75) is 32.0 Å². The van der Waals surface area contributed by atoms with Crippen LogP contribution in [0.15, 0.2) is 69.9 Å². The predicted molar refractivity (Wildman–Crippen MR) is 120 cm³/mol. The summed E-state index contributed by atoms with van der Waals surface area (Å²) in [5.41, 5.74) is 1.65. The predicted octanol–water partition coefficient (Wildman–Crippen LogP) is 3.97. The van der Waals surface area contributed by atoms with E-state index in [1.807, 2.05) is 47.4 Å². The molecule has 2 amide bonds. The summed E-state index contributed by atoms with van der Waals surface area (Å²) >= 11 is 3.33. The van der Waals surface area contributed by atoms with Crippen LogP contribution in [0, 0.1) is 0 Å². The lowest BCUT2D eigenvalue weighted by Crippen LogP contribution is -2.32. The first kappa shape index (κ1) is 21.3. The van der Waals surface area contributed by atoms with Gasteiger partial charge in [-0.2, -0.15) is 0 Å². The zero-order valence-electron chi connectivity index (χ0n) is 16.9. The Morgan fingerprint density at radius 2 is 1.90 bits per heavy atom. The standard InChI is InChI=1S/C23H23BrN4O3/c24-18-7-10-21(25-12-18)27-22(29)15-28(14-20-2-1-11-31-20)13-16-3-5-17(6-4-16)23(30)26-19-8-9-19/h1-7,10-12,19H,8-9,13-15H2,(H,26,30)(H,25,27,29). The lowest BCUT2D eigenvalue weighted by Gasteiger charge is -2.21. The topological polar surface area (TPSA) is 87.5 Å². The molecule has 1 fully saturated rings. The Labute approximate surface area is 189 Å². The number of benzene rings is 1. The van der Waals surface area contributed by atoms with Gasteiger partial charge in [0.2, 0.25) is 5.91 Å². The van der Waals surface area contributed by atoms with Gasteiger partial charge in [-0.05, 0) is 70.7 Å². The second-order valence-corrected chi connectivity index (χ2v) is 8.49. The van der Waals surface area contributed by atoms with Crippen LogP contribution in [0.4, 0.5) is 5.82 Å². The average molecular weight is 483 g/mol. The summed E-state index contributed by atoms with van der Waals surface area (Å²) < 4.78 is 6.31. The summed E-state index contributed by atoms with van der Waals surface area (Å²) in [6.07, 6.45) is 5.37. The molecule has 3 aromatic rings. The van der Waals surface area contributed by atoms with Crippen molar-refractivity contribution in [3.05, 3.63) is 82.4 Å². The number of rotatable bonds is 9. The summed E-state index contributed by atoms with van der Waals surface area (Å²) in [6.45, 7) is 1.19. The maximum Gasteiger partial charge on any atom is 0.251 e. The lowest BCUT2D eigenvalue weighted by molar-refractivity contribution is -0.117. The quantitative estimate of drug-likeness (QED) is 0.481. The van der Waals surface area contributed by atoms with Gasteiger partial charge in [-0.15, -0.1) is 0 Å². The van der Waals surface area contributed by atoms with Crippen LogP contribution in [0.2, 0.25) is 0 Å². The van der Waals surface area contributed by atoms with Crippen LogP contribution in [-0.4, -0.2) is 34.3 Å². The fraction of sp³-hybridized carbons (Fsp3) is 0.261. The minimum atomic E-state index is -0.165. The van der Waals surface area contributed by atoms with Gasteiger partial charge < -0.3 is 15.1 Å². The van der Waals surface area contributed by atoms with Crippen molar-refractivity contribution in [1.29, 1.82) is 0 Å². The van der Waals surface area contributed by atoms with Gasteiger partial charge in [-0.25, -0.2) is 4.98 Å². The van der Waals surface area contributed by atoms with Crippen molar-refractivity contribution in [2.24, 2.45) is 0 Å². The molecule has 0 bridgehead atoms. The third kappa shape index (κ3) is 6.50. The number of carbonyl (C=O) groups is 2. The largest absolute Gasteiger partial charge is 0.468 e. The number of nitrogens with zero attached hydrogens (tertiary/aromatic N) is 2. The fourth-order valence-corrected chi connectivity index (χ4v) is 3.38. The van der Waals surface area contributed by atoms with Crippen LogP contribution >= 0.6 is 15.9 Å². The SMILES string of the molecule is O=C(CN(Cc1ccc(C(=O)NC2CC2)cc1)Cc1ccco1)Nc1ccc(Br)cn1. The normalized spacial score (nSPS) is 13.2. The molecule has 2 heterocycles. The summed E-state index contributed by atoms with van der Waals surface area (Å²) in [6, 6.07) is 15.1. The molecule has 2 N–H and O–H groups in total. The van der Waals surface area contributed by atoms with Crippen LogP contribution in [-0.2, 0) is 17.9 Å². The zero-order valence-corrected chi connectivity index (χ0v) is 18.5. The van der Waals surface area contributed by atoms with Gasteiger partial charge in [-0.1, -0.05) is 12.1 Å². The van der Waals surface area contributed by atoms with E-state index in [-0.39, 0.29) is 18.4 Å². The number of hydrogen-bond donors (Lipinski definition) is 2. The van der Waals surface area contributed by atoms with Crippen LogP contribution in [0.3, 0.4) is 0 Å². The molecule has 0 saturated heterocycles. The molecule has 31 heavy (non-hydrogen) atoms. The van der Waals surface area contributed by atoms with Gasteiger partial charge in [0, 0.05) is 28.8 Å². The molecule has 1 saturated carbocycles. The molecule has 7 nitrogen and oxygen atoms in total. The minimum Gasteiger partial charge on any atom is -0.468 e. The summed E-state index contributed by atoms with van der Waals surface area (Å²) in [7, 11) is 0. The molecule has 1 aliphatic carbocycles. The van der Waals surface area contributed by atoms with Crippen molar-refractivity contribution in [2.75, 3.05) is 11.9 Å². The van der Waals surface area contributed by atoms with E-state index in [1.165, 1.54) is 0 Å². The monoisotopic (exact) mass is 482 g/mol. The second kappa shape index (κ2) is 9.89. The van der Waals surface area contributed by atoms with E-state index in [4.69, 9.17) is 4.42 Å². The Bertz CT molecular complexity index is 1020. The van der Waals surface area contributed by atoms with Crippen molar-refractivity contribution < 1.29 is 14.0 Å². The van der Waals surface area contributed by atoms with E-state index in [0.717, 1.165) is 28.6 Å². The van der Waals surface area contributed by atoms with Gasteiger partial charge in [0.1, 0.15) is 11.6 Å². The fourth-order valence-electron chi connectivity index (χ4n) is 3.14. The molecule has 1 aliphatic rings. The summed E-state index contributed by atoms with van der Waals surface area (Å²) in [5, 5.41) is 5.81. The van der Waals surface area contributed by atoms with Gasteiger partial charge in [0.25, 0.3) is 5.91 Å². The lowest BCUT2D eigenvalue weighted by atomic mass is 10.1. The minimum absolute atomic E-state index is 0.0390. The molecule has 4 rings (SSSR count). The van der Waals surface area contributed by atoms with Gasteiger partial charge in [0.15, 0.2) is 0 Å². The molecule has 0 atom stereocenters. The van der Waals surface area contributed by atoms with Crippen LogP contribution in [0.5, 0.6) is 0 Å². The van der Waals surface area contributed by atoms with Crippen molar-refractivity contribution in [1.82, 2.24) is 15.2 Å². The van der Waals surface area contributed by atoms with E-state index < -0.39 is 0 Å². The Hall–Kier alpha value is -2.97. The third-order valence-corrected chi connectivity index (χ3v) is 5.33. The molecule has 0 unspecified atom stereocenters. The van der Waals surface area contributed by atoms with E-state index in [1.54, 1.807) is 18.5 Å². The van der Waals surface area contributed by atoms with E-state index in [9.17, 15) is 9.59 Å². The number of hydrogen-bond acceptors (Lipinski definition) is 5. The molecule has 0 spiro atoms. The molecule has 0 radical (unpaired) electrons. The number of aromatic nitrogens is 1. The van der Waals surface area contributed by atoms with Gasteiger partial charge in [-0.3, -0.25) is 14.5 Å². The second-order valence-electron chi connectivity index (χ2n) is 7.58. The Morgan fingerprint density at radius 3 is 2.55 bits per heavy atom. The number of pyridine rings is 1. The van der Waals surface area contributed by atoms with Crippen LogP contribution in [0.25, 0.3) is 0 Å². The molecule has 0 aliphatic heterocycles. The molecular formula is C23H23BrN4O3. The summed E-state index contributed by atoms with van der Waals surface area (Å²) in [4.78, 5) is 30.9. The first-order valence-electron chi connectivity index (χ1n) is 10.1. The molecule has 2 aromatic heterocycles. The Kier molecular flexibility index (Phi) is 6.79. The average Bonchev–Trinajstić information content (AvgIpc) is 3.42. The van der Waals surface area contributed by atoms with Crippen molar-refractivity contribution in [3.8, 4) is 0 Å². The molecule has 1 aromatic carbocycles. The molecule has 8 heteroatoms. The van der Waals surface area contributed by atoms with Gasteiger partial charge >= 0.3 is 0 Å². The highest BCUT2D eigenvalue weighted by atomic mass is 79.9. The van der Waals surface area contributed by atoms with Crippen LogP contribution < -0.4 is 10.6 Å². The number of halogens is 1. The highest BCUT2D eigenvalue weighted by molar-refractivity contribution is 9.10. The molecular weight excluding hydrogens is 460 g/mol. The third-order valence-electron chi connectivity index (χ3n) is 4.86. The first-order valence-corrected chi connectivity index (χ1v) is 10.9. The Morgan fingerprint density at radius 1 is 1.10 bits per heavy atom. The van der Waals surface area contributed by atoms with Crippen LogP contribution in [0.1, 0.15) is 34.5 Å². The van der Waals surface area contributed by atoms with E-state index in [2.05, 4.69) is 31.5 Å².